The molecule has 1 N–H and O–H groups in total. The summed E-state index contributed by atoms with van der Waals surface area (Å²) in [5, 5.41) is 13.1. The average Bonchev–Trinajstić information content (AvgIpc) is 3.49. The van der Waals surface area contributed by atoms with Crippen LogP contribution in [0.5, 0.6) is 0 Å². The van der Waals surface area contributed by atoms with Crippen molar-refractivity contribution in [1.29, 1.82) is 5.26 Å². The number of hydrogen-bond acceptors (Lipinski definition) is 4. The molecule has 5 nitrogen and oxygen atoms in total. The van der Waals surface area contributed by atoms with Crippen molar-refractivity contribution in [2.75, 3.05) is 5.32 Å². The quantitative estimate of drug-likeness (QED) is 0.373. The van der Waals surface area contributed by atoms with Gasteiger partial charge in [0.1, 0.15) is 11.4 Å². The Morgan fingerprint density at radius 2 is 1.75 bits per heavy atom. The van der Waals surface area contributed by atoms with E-state index in [-0.39, 0.29) is 5.91 Å². The molecule has 1 fully saturated rings. The summed E-state index contributed by atoms with van der Waals surface area (Å²) in [4.78, 5) is 20.4. The Balaban J connectivity index is 1.36. The zero-order valence-electron chi connectivity index (χ0n) is 20.8. The van der Waals surface area contributed by atoms with Crippen LogP contribution in [0, 0.1) is 11.3 Å². The first-order chi connectivity index (χ1) is 17.6. The van der Waals surface area contributed by atoms with Crippen LogP contribution in [-0.4, -0.2) is 22.2 Å². The molecule has 1 heterocycles. The number of para-hydroxylation sites is 1. The van der Waals surface area contributed by atoms with Crippen molar-refractivity contribution in [2.45, 2.75) is 64.0 Å². The number of carbonyl (C=O) groups excluding carboxylic acids is 1. The fourth-order valence-electron chi connectivity index (χ4n) is 5.32. The van der Waals surface area contributed by atoms with E-state index in [4.69, 9.17) is 4.99 Å². The molecule has 1 amide bonds. The molecule has 5 rings (SSSR count). The van der Waals surface area contributed by atoms with Crippen LogP contribution >= 0.6 is 0 Å². The van der Waals surface area contributed by atoms with E-state index in [1.807, 2.05) is 65.6 Å². The first kappa shape index (κ1) is 23.8. The number of nitrogens with zero attached hydrogens (tertiary/aromatic N) is 3. The van der Waals surface area contributed by atoms with Crippen LogP contribution < -0.4 is 5.32 Å². The fraction of sp³-hybridized carbons (Fsp3) is 0.323. The number of nitriles is 1. The second-order valence-electron chi connectivity index (χ2n) is 9.82. The summed E-state index contributed by atoms with van der Waals surface area (Å²) in [6, 6.07) is 26.3. The number of aliphatic imine (C=N–C) groups is 1. The van der Waals surface area contributed by atoms with E-state index in [9.17, 15) is 10.1 Å². The van der Waals surface area contributed by atoms with Crippen LogP contribution in [0.4, 0.5) is 11.4 Å². The van der Waals surface area contributed by atoms with Crippen LogP contribution in [0.3, 0.4) is 0 Å². The SMILES string of the molecule is CCCCC1=NC2(CCCC2)C(=O)N1Cc1ccc(-c2cc(Nc3ccccc3)ccc2C#N)cc1. The summed E-state index contributed by atoms with van der Waals surface area (Å²) in [5.74, 6) is 1.14. The van der Waals surface area contributed by atoms with Gasteiger partial charge in [0.05, 0.1) is 18.2 Å². The number of carbonyl (C=O) groups is 1. The van der Waals surface area contributed by atoms with Gasteiger partial charge in [-0.15, -0.1) is 0 Å². The Morgan fingerprint density at radius 3 is 2.44 bits per heavy atom. The van der Waals surface area contributed by atoms with Crippen molar-refractivity contribution in [3.8, 4) is 17.2 Å². The van der Waals surface area contributed by atoms with E-state index in [1.54, 1.807) is 0 Å². The topological polar surface area (TPSA) is 68.5 Å². The molecule has 0 aromatic heterocycles. The van der Waals surface area contributed by atoms with E-state index in [1.165, 1.54) is 0 Å². The molecule has 36 heavy (non-hydrogen) atoms. The summed E-state index contributed by atoms with van der Waals surface area (Å²) >= 11 is 0. The van der Waals surface area contributed by atoms with Gasteiger partial charge in [-0.1, -0.05) is 68.7 Å². The third-order valence-corrected chi connectivity index (χ3v) is 7.29. The number of unbranched alkanes of at least 4 members (excludes halogenated alkanes) is 1. The number of amides is 1. The number of hydrogen-bond donors (Lipinski definition) is 1. The first-order valence-electron chi connectivity index (χ1n) is 13.0. The van der Waals surface area contributed by atoms with Gasteiger partial charge in [0.15, 0.2) is 0 Å². The highest BCUT2D eigenvalue weighted by atomic mass is 16.2. The molecule has 0 radical (unpaired) electrons. The minimum atomic E-state index is -0.503. The van der Waals surface area contributed by atoms with Gasteiger partial charge >= 0.3 is 0 Å². The van der Waals surface area contributed by atoms with Crippen LogP contribution in [-0.2, 0) is 11.3 Å². The van der Waals surface area contributed by atoms with Crippen molar-refractivity contribution in [1.82, 2.24) is 4.90 Å². The molecular formula is C31H32N4O. The van der Waals surface area contributed by atoms with Gasteiger partial charge in [0.25, 0.3) is 5.91 Å². The van der Waals surface area contributed by atoms with Gasteiger partial charge < -0.3 is 5.32 Å². The van der Waals surface area contributed by atoms with Crippen LogP contribution in [0.25, 0.3) is 11.1 Å². The second kappa shape index (κ2) is 10.4. The molecule has 0 bridgehead atoms. The average molecular weight is 477 g/mol. The molecule has 3 aromatic carbocycles. The maximum Gasteiger partial charge on any atom is 0.256 e. The van der Waals surface area contributed by atoms with Crippen molar-refractivity contribution >= 4 is 23.1 Å². The lowest BCUT2D eigenvalue weighted by molar-refractivity contribution is -0.131. The van der Waals surface area contributed by atoms with E-state index < -0.39 is 5.54 Å². The monoisotopic (exact) mass is 476 g/mol. The van der Waals surface area contributed by atoms with Gasteiger partial charge in [-0.25, -0.2) is 0 Å². The molecule has 1 spiro atoms. The first-order valence-corrected chi connectivity index (χ1v) is 13.0. The van der Waals surface area contributed by atoms with Crippen LogP contribution in [0.1, 0.15) is 63.0 Å². The molecule has 0 unspecified atom stereocenters. The van der Waals surface area contributed by atoms with Crippen molar-refractivity contribution in [2.24, 2.45) is 4.99 Å². The number of anilines is 2. The Labute approximate surface area is 213 Å². The van der Waals surface area contributed by atoms with E-state index >= 15 is 0 Å². The normalized spacial score (nSPS) is 16.3. The molecule has 182 valence electrons. The Morgan fingerprint density at radius 1 is 1.00 bits per heavy atom. The van der Waals surface area contributed by atoms with Gasteiger partial charge in [-0.3, -0.25) is 14.7 Å². The van der Waals surface area contributed by atoms with Crippen molar-refractivity contribution in [3.05, 3.63) is 83.9 Å². The van der Waals surface area contributed by atoms with E-state index in [0.717, 1.165) is 78.8 Å². The second-order valence-corrected chi connectivity index (χ2v) is 9.82. The molecule has 1 aliphatic carbocycles. The van der Waals surface area contributed by atoms with Crippen molar-refractivity contribution in [3.63, 3.8) is 0 Å². The smallest absolute Gasteiger partial charge is 0.256 e. The van der Waals surface area contributed by atoms with Crippen LogP contribution in [0.15, 0.2) is 77.8 Å². The zero-order valence-corrected chi connectivity index (χ0v) is 20.8. The maximum absolute atomic E-state index is 13.4. The molecule has 1 aliphatic heterocycles. The summed E-state index contributed by atoms with van der Waals surface area (Å²) in [7, 11) is 0. The molecule has 5 heteroatoms. The molecule has 0 atom stereocenters. The zero-order chi connectivity index (χ0) is 25.0. The highest BCUT2D eigenvalue weighted by molar-refractivity contribution is 6.08. The molecule has 2 aliphatic rings. The highest BCUT2D eigenvalue weighted by Gasteiger charge is 2.49. The minimum absolute atomic E-state index is 0.182. The van der Waals surface area contributed by atoms with E-state index in [2.05, 4.69) is 30.4 Å². The molecular weight excluding hydrogens is 444 g/mol. The summed E-state index contributed by atoms with van der Waals surface area (Å²) in [6.07, 6.45) is 6.90. The summed E-state index contributed by atoms with van der Waals surface area (Å²) in [5.41, 5.74) is 5.00. The number of rotatable bonds is 8. The van der Waals surface area contributed by atoms with Crippen molar-refractivity contribution < 1.29 is 4.79 Å². The third kappa shape index (κ3) is 4.77. The molecule has 3 aromatic rings. The predicted octanol–water partition coefficient (Wildman–Crippen LogP) is 7.21. The Hall–Kier alpha value is -3.91. The lowest BCUT2D eigenvalue weighted by Gasteiger charge is -2.23. The number of benzene rings is 3. The maximum atomic E-state index is 13.4. The molecule has 1 saturated carbocycles. The standard InChI is InChI=1S/C31H32N4O/c1-2-3-11-29-34-31(18-7-8-19-31)30(36)35(29)22-23-12-14-24(15-13-23)28-20-27(17-16-25(28)21-32)33-26-9-5-4-6-10-26/h4-6,9-10,12-17,20,33H,2-3,7-8,11,18-19,22H2,1H3. The lowest BCUT2D eigenvalue weighted by Crippen LogP contribution is -2.40. The summed E-state index contributed by atoms with van der Waals surface area (Å²) in [6.45, 7) is 2.72. The lowest BCUT2D eigenvalue weighted by atomic mass is 9.97. The summed E-state index contributed by atoms with van der Waals surface area (Å²) < 4.78 is 0. The Kier molecular flexibility index (Phi) is 6.86. The highest BCUT2D eigenvalue weighted by Crippen LogP contribution is 2.40. The van der Waals surface area contributed by atoms with Gasteiger partial charge in [-0.05, 0) is 60.7 Å². The largest absolute Gasteiger partial charge is 0.356 e. The number of amidine groups is 1. The van der Waals surface area contributed by atoms with Crippen LogP contribution in [0.2, 0.25) is 0 Å². The van der Waals surface area contributed by atoms with Gasteiger partial charge in [0.2, 0.25) is 0 Å². The fourth-order valence-corrected chi connectivity index (χ4v) is 5.32. The minimum Gasteiger partial charge on any atom is -0.356 e. The van der Waals surface area contributed by atoms with Gasteiger partial charge in [-0.2, -0.15) is 5.26 Å². The van der Waals surface area contributed by atoms with Gasteiger partial charge in [0, 0.05) is 23.4 Å². The molecule has 0 saturated heterocycles. The number of nitrogens with one attached hydrogen (secondary N) is 1. The van der Waals surface area contributed by atoms with E-state index in [0.29, 0.717) is 12.1 Å². The third-order valence-electron chi connectivity index (χ3n) is 7.29. The Bertz CT molecular complexity index is 1300. The predicted molar refractivity (Wildman–Crippen MR) is 145 cm³/mol.